The second-order valence-corrected chi connectivity index (χ2v) is 7.19. The van der Waals surface area contributed by atoms with E-state index in [1.807, 2.05) is 16.7 Å². The standard InChI is InChI=1S/C18H25F3N4O/c1-3-24-9-8-17(7-6-16(24)26)13-25(11-10-23(17)2)15-5-4-14(12-22-15)18(19,20)21/h4-5,12H,3,6-11,13H2,1-2H3/t17-/m1/s1. The smallest absolute Gasteiger partial charge is 0.353 e. The van der Waals surface area contributed by atoms with Crippen LogP contribution in [0, 0.1) is 0 Å². The fourth-order valence-corrected chi connectivity index (χ4v) is 3.96. The number of anilines is 1. The number of carbonyl (C=O) groups excluding carboxylic acids is 1. The summed E-state index contributed by atoms with van der Waals surface area (Å²) in [5.74, 6) is 0.746. The number of hydrogen-bond donors (Lipinski definition) is 0. The lowest BCUT2D eigenvalue weighted by molar-refractivity contribution is -0.137. The molecule has 0 N–H and O–H groups in total. The number of likely N-dealkylation sites (N-methyl/N-ethyl adjacent to an activating group) is 1. The number of pyridine rings is 1. The molecule has 0 unspecified atom stereocenters. The van der Waals surface area contributed by atoms with Crippen molar-refractivity contribution in [1.29, 1.82) is 0 Å². The van der Waals surface area contributed by atoms with Crippen LogP contribution in [0.25, 0.3) is 0 Å². The Morgan fingerprint density at radius 2 is 1.96 bits per heavy atom. The van der Waals surface area contributed by atoms with Crippen LogP contribution >= 0.6 is 0 Å². The molecule has 0 aliphatic carbocycles. The largest absolute Gasteiger partial charge is 0.417 e. The maximum absolute atomic E-state index is 12.8. The molecule has 1 aromatic rings. The van der Waals surface area contributed by atoms with E-state index < -0.39 is 11.7 Å². The zero-order valence-corrected chi connectivity index (χ0v) is 15.2. The van der Waals surface area contributed by atoms with Crippen LogP contribution in [0.3, 0.4) is 0 Å². The van der Waals surface area contributed by atoms with Gasteiger partial charge in [-0.1, -0.05) is 0 Å². The molecule has 2 aliphatic rings. The molecule has 8 heteroatoms. The van der Waals surface area contributed by atoms with Gasteiger partial charge in [-0.3, -0.25) is 9.69 Å². The van der Waals surface area contributed by atoms with Crippen LogP contribution in [0.2, 0.25) is 0 Å². The Bertz CT molecular complexity index is 649. The third kappa shape index (κ3) is 3.65. The Labute approximate surface area is 151 Å². The van der Waals surface area contributed by atoms with E-state index in [4.69, 9.17) is 0 Å². The van der Waals surface area contributed by atoms with E-state index >= 15 is 0 Å². The van der Waals surface area contributed by atoms with Gasteiger partial charge < -0.3 is 9.80 Å². The molecule has 0 saturated carbocycles. The highest BCUT2D eigenvalue weighted by Gasteiger charge is 2.42. The summed E-state index contributed by atoms with van der Waals surface area (Å²) in [6.07, 6.45) is -1.35. The second kappa shape index (κ2) is 7.06. The van der Waals surface area contributed by atoms with Crippen molar-refractivity contribution in [3.05, 3.63) is 23.9 Å². The summed E-state index contributed by atoms with van der Waals surface area (Å²) < 4.78 is 38.3. The third-order valence-corrected chi connectivity index (χ3v) is 5.79. The van der Waals surface area contributed by atoms with Crippen LogP contribution in [0.5, 0.6) is 0 Å². The molecule has 0 bridgehead atoms. The van der Waals surface area contributed by atoms with Gasteiger partial charge in [0.1, 0.15) is 5.82 Å². The maximum Gasteiger partial charge on any atom is 0.417 e. The van der Waals surface area contributed by atoms with Crippen LogP contribution < -0.4 is 4.90 Å². The monoisotopic (exact) mass is 370 g/mol. The molecule has 3 heterocycles. The summed E-state index contributed by atoms with van der Waals surface area (Å²) in [6.45, 7) is 5.59. The van der Waals surface area contributed by atoms with Gasteiger partial charge in [0.15, 0.2) is 0 Å². The van der Waals surface area contributed by atoms with Gasteiger partial charge in [0.2, 0.25) is 5.91 Å². The van der Waals surface area contributed by atoms with Gasteiger partial charge in [-0.05, 0) is 38.9 Å². The molecule has 0 aromatic carbocycles. The van der Waals surface area contributed by atoms with Gasteiger partial charge in [0, 0.05) is 50.9 Å². The Kier molecular flexibility index (Phi) is 5.14. The number of rotatable bonds is 2. The number of carbonyl (C=O) groups is 1. The average Bonchev–Trinajstić information content (AvgIpc) is 2.77. The minimum atomic E-state index is -4.37. The highest BCUT2D eigenvalue weighted by molar-refractivity contribution is 5.76. The Morgan fingerprint density at radius 1 is 1.19 bits per heavy atom. The van der Waals surface area contributed by atoms with E-state index in [9.17, 15) is 18.0 Å². The molecule has 26 heavy (non-hydrogen) atoms. The molecule has 1 aromatic heterocycles. The van der Waals surface area contributed by atoms with E-state index in [-0.39, 0.29) is 11.4 Å². The second-order valence-electron chi connectivity index (χ2n) is 7.19. The van der Waals surface area contributed by atoms with Gasteiger partial charge in [-0.2, -0.15) is 13.2 Å². The summed E-state index contributed by atoms with van der Waals surface area (Å²) >= 11 is 0. The normalized spacial score (nSPS) is 25.7. The number of piperazine rings is 1. The molecule has 144 valence electrons. The summed E-state index contributed by atoms with van der Waals surface area (Å²) in [4.78, 5) is 22.5. The first-order chi connectivity index (χ1) is 12.2. The number of halogens is 3. The summed E-state index contributed by atoms with van der Waals surface area (Å²) in [5.41, 5.74) is -0.883. The molecule has 2 fully saturated rings. The first kappa shape index (κ1) is 18.9. The third-order valence-electron chi connectivity index (χ3n) is 5.79. The van der Waals surface area contributed by atoms with Crippen molar-refractivity contribution in [1.82, 2.24) is 14.8 Å². The van der Waals surface area contributed by atoms with Crippen LogP contribution in [-0.2, 0) is 11.0 Å². The van der Waals surface area contributed by atoms with Gasteiger partial charge in [0.05, 0.1) is 5.56 Å². The van der Waals surface area contributed by atoms with E-state index in [0.717, 1.165) is 31.6 Å². The molecule has 0 radical (unpaired) electrons. The number of aromatic nitrogens is 1. The van der Waals surface area contributed by atoms with Crippen molar-refractivity contribution in [3.8, 4) is 0 Å². The average molecular weight is 370 g/mol. The van der Waals surface area contributed by atoms with Crippen molar-refractivity contribution < 1.29 is 18.0 Å². The summed E-state index contributed by atoms with van der Waals surface area (Å²) in [7, 11) is 2.07. The highest BCUT2D eigenvalue weighted by Crippen LogP contribution is 2.34. The van der Waals surface area contributed by atoms with E-state index in [1.165, 1.54) is 6.07 Å². The lowest BCUT2D eigenvalue weighted by Crippen LogP contribution is -2.61. The van der Waals surface area contributed by atoms with Crippen LogP contribution in [0.15, 0.2) is 18.3 Å². The fraction of sp³-hybridized carbons (Fsp3) is 0.667. The first-order valence-electron chi connectivity index (χ1n) is 9.02. The molecule has 5 nitrogen and oxygen atoms in total. The zero-order chi connectivity index (χ0) is 18.9. The number of hydrogen-bond acceptors (Lipinski definition) is 4. The number of amides is 1. The quantitative estimate of drug-likeness (QED) is 0.802. The molecule has 2 saturated heterocycles. The zero-order valence-electron chi connectivity index (χ0n) is 15.2. The van der Waals surface area contributed by atoms with Crippen molar-refractivity contribution in [2.75, 3.05) is 44.7 Å². The summed E-state index contributed by atoms with van der Waals surface area (Å²) in [6, 6.07) is 2.53. The molecular weight excluding hydrogens is 345 g/mol. The van der Waals surface area contributed by atoms with Crippen molar-refractivity contribution >= 4 is 11.7 Å². The Balaban J connectivity index is 1.78. The highest BCUT2D eigenvalue weighted by atomic mass is 19.4. The van der Waals surface area contributed by atoms with Crippen LogP contribution in [0.4, 0.5) is 19.0 Å². The number of nitrogens with zero attached hydrogens (tertiary/aromatic N) is 4. The van der Waals surface area contributed by atoms with Gasteiger partial charge in [-0.15, -0.1) is 0 Å². The lowest BCUT2D eigenvalue weighted by atomic mass is 9.86. The molecule has 2 aliphatic heterocycles. The molecular formula is C18H25F3N4O. The van der Waals surface area contributed by atoms with E-state index in [2.05, 4.69) is 16.9 Å². The minimum absolute atomic E-state index is 0.151. The molecule has 3 rings (SSSR count). The molecule has 1 amide bonds. The van der Waals surface area contributed by atoms with Gasteiger partial charge in [0.25, 0.3) is 0 Å². The fourth-order valence-electron chi connectivity index (χ4n) is 3.96. The summed E-state index contributed by atoms with van der Waals surface area (Å²) in [5, 5.41) is 0. The van der Waals surface area contributed by atoms with Crippen LogP contribution in [0.1, 0.15) is 31.7 Å². The number of likely N-dealkylation sites (tertiary alicyclic amines) is 1. The maximum atomic E-state index is 12.8. The number of alkyl halides is 3. The molecule has 1 atom stereocenters. The van der Waals surface area contributed by atoms with E-state index in [0.29, 0.717) is 38.4 Å². The van der Waals surface area contributed by atoms with Crippen LogP contribution in [-0.4, -0.2) is 66.0 Å². The van der Waals surface area contributed by atoms with Crippen molar-refractivity contribution in [3.63, 3.8) is 0 Å². The first-order valence-corrected chi connectivity index (χ1v) is 9.02. The van der Waals surface area contributed by atoms with Crippen molar-refractivity contribution in [2.45, 2.75) is 37.9 Å². The van der Waals surface area contributed by atoms with Gasteiger partial charge >= 0.3 is 6.18 Å². The van der Waals surface area contributed by atoms with Crippen molar-refractivity contribution in [2.24, 2.45) is 0 Å². The van der Waals surface area contributed by atoms with Gasteiger partial charge in [-0.25, -0.2) is 4.98 Å². The SMILES string of the molecule is CCN1CC[C@]2(CCC1=O)CN(c1ccc(C(F)(F)F)cn1)CCN2C. The predicted octanol–water partition coefficient (Wildman–Crippen LogP) is 2.62. The minimum Gasteiger partial charge on any atom is -0.353 e. The molecule has 1 spiro atoms. The Hall–Kier alpha value is -1.83. The topological polar surface area (TPSA) is 39.7 Å². The predicted molar refractivity (Wildman–Crippen MR) is 92.9 cm³/mol. The van der Waals surface area contributed by atoms with E-state index in [1.54, 1.807) is 0 Å². The lowest BCUT2D eigenvalue weighted by Gasteiger charge is -2.49. The Morgan fingerprint density at radius 3 is 2.58 bits per heavy atom.